The van der Waals surface area contributed by atoms with Crippen molar-refractivity contribution in [1.29, 1.82) is 0 Å². The third-order valence-corrected chi connectivity index (χ3v) is 9.72. The Labute approximate surface area is 248 Å². The summed E-state index contributed by atoms with van der Waals surface area (Å²) in [5.41, 5.74) is 5.25. The van der Waals surface area contributed by atoms with Gasteiger partial charge >= 0.3 is 0 Å². The number of anilines is 1. The van der Waals surface area contributed by atoms with Gasteiger partial charge in [0.2, 0.25) is 0 Å². The van der Waals surface area contributed by atoms with Gasteiger partial charge in [0.15, 0.2) is 11.6 Å². The molecule has 2 aliphatic carbocycles. The van der Waals surface area contributed by atoms with Gasteiger partial charge in [0.25, 0.3) is 0 Å². The number of halogens is 2. The summed E-state index contributed by atoms with van der Waals surface area (Å²) in [4.78, 5) is 0. The lowest BCUT2D eigenvalue weighted by Crippen LogP contribution is -2.27. The molecule has 0 amide bonds. The molecule has 7 heteroatoms. The molecule has 2 saturated carbocycles. The van der Waals surface area contributed by atoms with Crippen LogP contribution in [0.2, 0.25) is 0 Å². The zero-order chi connectivity index (χ0) is 29.2. The summed E-state index contributed by atoms with van der Waals surface area (Å²) < 4.78 is 30.0. The van der Waals surface area contributed by atoms with Gasteiger partial charge in [-0.2, -0.15) is 5.10 Å². The highest BCUT2D eigenvalue weighted by molar-refractivity contribution is 5.72. The van der Waals surface area contributed by atoms with Gasteiger partial charge < -0.3 is 16.0 Å². The van der Waals surface area contributed by atoms with Crippen LogP contribution in [-0.2, 0) is 0 Å². The number of hydrogen-bond acceptors (Lipinski definition) is 4. The molecule has 0 bridgehead atoms. The predicted molar refractivity (Wildman–Crippen MR) is 166 cm³/mol. The molecule has 0 radical (unpaired) electrons. The third-order valence-electron chi connectivity index (χ3n) is 9.72. The van der Waals surface area contributed by atoms with E-state index in [0.29, 0.717) is 24.2 Å². The number of hydrogen-bond donors (Lipinski definition) is 3. The van der Waals surface area contributed by atoms with Gasteiger partial charge in [-0.25, -0.2) is 13.5 Å². The summed E-state index contributed by atoms with van der Waals surface area (Å²) in [7, 11) is 0. The first-order valence-electron chi connectivity index (χ1n) is 15.6. The lowest BCUT2D eigenvalue weighted by molar-refractivity contribution is 0.426. The Kier molecular flexibility index (Phi) is 8.48. The van der Waals surface area contributed by atoms with Crippen LogP contribution in [0.15, 0.2) is 67.0 Å². The van der Waals surface area contributed by atoms with Crippen LogP contribution in [0, 0.1) is 42.2 Å². The molecule has 42 heavy (non-hydrogen) atoms. The number of rotatable bonds is 11. The molecule has 2 aromatic carbocycles. The van der Waals surface area contributed by atoms with E-state index in [9.17, 15) is 8.78 Å². The second-order valence-electron chi connectivity index (χ2n) is 12.7. The fourth-order valence-electron chi connectivity index (χ4n) is 7.09. The number of aromatic nitrogens is 2. The van der Waals surface area contributed by atoms with Gasteiger partial charge in [-0.05, 0) is 111 Å². The van der Waals surface area contributed by atoms with E-state index in [2.05, 4.69) is 54.6 Å². The van der Waals surface area contributed by atoms with Crippen molar-refractivity contribution >= 4 is 11.4 Å². The largest absolute Gasteiger partial charge is 0.372 e. The molecule has 3 aromatic rings. The van der Waals surface area contributed by atoms with Crippen molar-refractivity contribution in [2.45, 2.75) is 58.3 Å². The summed E-state index contributed by atoms with van der Waals surface area (Å²) in [6, 6.07) is 14.6. The van der Waals surface area contributed by atoms with Crippen molar-refractivity contribution in [3.8, 4) is 5.69 Å². The maximum absolute atomic E-state index is 14.2. The van der Waals surface area contributed by atoms with Gasteiger partial charge in [0.1, 0.15) is 5.82 Å². The van der Waals surface area contributed by atoms with Crippen molar-refractivity contribution in [3.05, 3.63) is 95.5 Å². The van der Waals surface area contributed by atoms with E-state index in [1.165, 1.54) is 37.0 Å². The fraction of sp³-hybridized carbons (Fsp3) is 0.457. The van der Waals surface area contributed by atoms with Crippen molar-refractivity contribution in [1.82, 2.24) is 20.4 Å². The lowest BCUT2D eigenvalue weighted by atomic mass is 9.88. The molecule has 0 spiro atoms. The highest BCUT2D eigenvalue weighted by Crippen LogP contribution is 2.48. The first kappa shape index (κ1) is 28.7. The molecular weight excluding hydrogens is 528 g/mol. The second kappa shape index (κ2) is 12.4. The smallest absolute Gasteiger partial charge is 0.159 e. The third kappa shape index (κ3) is 6.31. The van der Waals surface area contributed by atoms with Crippen molar-refractivity contribution < 1.29 is 8.78 Å². The summed E-state index contributed by atoms with van der Waals surface area (Å²) in [5, 5.41) is 15.5. The van der Waals surface area contributed by atoms with Crippen molar-refractivity contribution in [2.75, 3.05) is 25.0 Å². The Balaban J connectivity index is 1.18. The second-order valence-corrected chi connectivity index (χ2v) is 12.7. The zero-order valence-corrected chi connectivity index (χ0v) is 24.8. The molecule has 2 heterocycles. The molecule has 222 valence electrons. The Morgan fingerprint density at radius 1 is 1.05 bits per heavy atom. The van der Waals surface area contributed by atoms with Crippen LogP contribution >= 0.6 is 0 Å². The predicted octanol–water partition coefficient (Wildman–Crippen LogP) is 7.55. The maximum Gasteiger partial charge on any atom is 0.159 e. The first-order valence-corrected chi connectivity index (χ1v) is 15.6. The summed E-state index contributed by atoms with van der Waals surface area (Å²) >= 11 is 0. The Hall–Kier alpha value is -3.45. The van der Waals surface area contributed by atoms with Gasteiger partial charge in [-0.1, -0.05) is 50.3 Å². The first-order chi connectivity index (χ1) is 20.4. The monoisotopic (exact) mass is 571 g/mol. The van der Waals surface area contributed by atoms with Crippen LogP contribution in [-0.4, -0.2) is 29.4 Å². The fourth-order valence-corrected chi connectivity index (χ4v) is 7.09. The van der Waals surface area contributed by atoms with Gasteiger partial charge in [0.05, 0.1) is 17.2 Å². The number of benzene rings is 2. The van der Waals surface area contributed by atoms with E-state index >= 15 is 0 Å². The molecule has 0 saturated heterocycles. The van der Waals surface area contributed by atoms with E-state index in [1.807, 2.05) is 22.9 Å². The van der Waals surface area contributed by atoms with Gasteiger partial charge in [-0.3, -0.25) is 0 Å². The van der Waals surface area contributed by atoms with Crippen LogP contribution in [0.5, 0.6) is 0 Å². The topological polar surface area (TPSA) is 53.9 Å². The molecule has 3 N–H and O–H groups in total. The van der Waals surface area contributed by atoms with E-state index in [0.717, 1.165) is 72.5 Å². The minimum Gasteiger partial charge on any atom is -0.372 e. The summed E-state index contributed by atoms with van der Waals surface area (Å²) in [6.07, 6.45) is 9.12. The molecule has 5 atom stereocenters. The Morgan fingerprint density at radius 2 is 1.86 bits per heavy atom. The molecule has 5 nitrogen and oxygen atoms in total. The van der Waals surface area contributed by atoms with E-state index in [1.54, 1.807) is 6.07 Å². The van der Waals surface area contributed by atoms with Crippen molar-refractivity contribution in [2.24, 2.45) is 23.7 Å². The minimum atomic E-state index is -0.784. The normalized spacial score (nSPS) is 25.2. The Morgan fingerprint density at radius 3 is 2.57 bits per heavy atom. The maximum atomic E-state index is 14.2. The average molecular weight is 572 g/mol. The zero-order valence-electron chi connectivity index (χ0n) is 24.8. The quantitative estimate of drug-likeness (QED) is 0.222. The Bertz CT molecular complexity index is 1450. The minimum absolute atomic E-state index is 0.192. The van der Waals surface area contributed by atoms with Gasteiger partial charge in [-0.15, -0.1) is 0 Å². The van der Waals surface area contributed by atoms with Crippen LogP contribution in [0.3, 0.4) is 0 Å². The SMILES string of the molecule is C=C(NC[C@@H]1C[C@@H](CCC2CC2C)C[C@H]1c1ccc(F)c(F)c1)Nc1c(C)c(C2=CCNCC2)nn1-c1ccccc1. The molecule has 1 aromatic heterocycles. The van der Waals surface area contributed by atoms with E-state index < -0.39 is 11.6 Å². The number of para-hydroxylation sites is 1. The van der Waals surface area contributed by atoms with E-state index in [4.69, 9.17) is 5.10 Å². The standard InChI is InChI=1S/C35H43F2N5/c1-22-17-27(22)10-9-25-18-29(31(19-25)28-11-12-32(36)33(37)20-28)21-39-24(3)40-35-23(2)34(26-13-15-38-16-14-26)41-42(35)30-7-5-4-6-8-30/h4-8,11-13,20,22,25,27,29,31,38-40H,3,9-10,14-19,21H2,1-2H3/t22?,25-,27?,29+,31+/m1/s1. The average Bonchev–Trinajstić information content (AvgIpc) is 3.41. The summed E-state index contributed by atoms with van der Waals surface area (Å²) in [6.45, 7) is 11.3. The lowest BCUT2D eigenvalue weighted by Gasteiger charge is -2.22. The van der Waals surface area contributed by atoms with Crippen LogP contribution in [0.1, 0.15) is 68.2 Å². The molecule has 2 unspecified atom stereocenters. The highest BCUT2D eigenvalue weighted by atomic mass is 19.2. The van der Waals surface area contributed by atoms with E-state index in [-0.39, 0.29) is 5.92 Å². The number of nitrogens with zero attached hydrogens (tertiary/aromatic N) is 2. The van der Waals surface area contributed by atoms with Gasteiger partial charge in [0, 0.05) is 18.7 Å². The molecule has 3 aliphatic rings. The number of nitrogens with one attached hydrogen (secondary N) is 3. The van der Waals surface area contributed by atoms with Crippen LogP contribution < -0.4 is 16.0 Å². The van der Waals surface area contributed by atoms with Crippen LogP contribution in [0.25, 0.3) is 11.3 Å². The van der Waals surface area contributed by atoms with Crippen molar-refractivity contribution in [3.63, 3.8) is 0 Å². The van der Waals surface area contributed by atoms with Crippen LogP contribution in [0.4, 0.5) is 14.6 Å². The molecule has 2 fully saturated rings. The molecular formula is C35H43F2N5. The molecule has 1 aliphatic heterocycles. The molecule has 6 rings (SSSR count). The highest BCUT2D eigenvalue weighted by Gasteiger charge is 2.38. The summed E-state index contributed by atoms with van der Waals surface area (Å²) in [5.74, 6) is 2.90.